The summed E-state index contributed by atoms with van der Waals surface area (Å²) in [5.74, 6) is -1.40. The van der Waals surface area contributed by atoms with Crippen molar-refractivity contribution >= 4 is 37.4 Å². The Morgan fingerprint density at radius 3 is 2.04 bits per heavy atom. The van der Waals surface area contributed by atoms with E-state index in [1.54, 1.807) is 20.8 Å². The van der Waals surface area contributed by atoms with Gasteiger partial charge in [-0.3, -0.25) is 4.79 Å². The number of carbonyl (C=O) groups is 1. The number of nitriles is 1. The number of benzene rings is 1. The molecule has 1 heterocycles. The van der Waals surface area contributed by atoms with Gasteiger partial charge in [0.25, 0.3) is 5.91 Å². The summed E-state index contributed by atoms with van der Waals surface area (Å²) >= 11 is 0. The number of hydrogen-bond acceptors (Lipinski definition) is 8. The second kappa shape index (κ2) is 16.1. The molecule has 2 aromatic rings. The van der Waals surface area contributed by atoms with Crippen molar-refractivity contribution in [2.75, 3.05) is 50.5 Å². The number of amides is 1. The number of allylic oxidation sites excluding steroid dienone is 2. The molecule has 0 fully saturated rings. The molecule has 0 N–H and O–H groups in total. The summed E-state index contributed by atoms with van der Waals surface area (Å²) in [7, 11) is -3.87. The number of carbonyl (C=O) groups excluding carboxylic acids is 1. The summed E-state index contributed by atoms with van der Waals surface area (Å²) in [4.78, 5) is 28.1. The Morgan fingerprint density at radius 1 is 1.00 bits per heavy atom. The Morgan fingerprint density at radius 2 is 1.58 bits per heavy atom. The molecule has 1 aromatic heterocycles. The Kier molecular flexibility index (Phi) is 13.4. The lowest BCUT2D eigenvalue weighted by Crippen LogP contribution is -2.58. The first kappa shape index (κ1) is 37.5. The smallest absolute Gasteiger partial charge is 0.422 e. The molecule has 0 unspecified atom stereocenters. The highest BCUT2D eigenvalue weighted by atomic mass is 28.4. The van der Waals surface area contributed by atoms with Gasteiger partial charge in [0, 0.05) is 50.1 Å². The highest BCUT2D eigenvalue weighted by Crippen LogP contribution is 2.38. The van der Waals surface area contributed by atoms with Crippen LogP contribution in [-0.4, -0.2) is 71.4 Å². The maximum atomic E-state index is 14.2. The maximum Gasteiger partial charge on any atom is 0.521 e. The van der Waals surface area contributed by atoms with E-state index in [1.807, 2.05) is 18.7 Å². The summed E-state index contributed by atoms with van der Waals surface area (Å²) in [5, 5.41) is 9.21. The van der Waals surface area contributed by atoms with Gasteiger partial charge in [0.2, 0.25) is 0 Å². The van der Waals surface area contributed by atoms with Gasteiger partial charge in [-0.05, 0) is 58.9 Å². The Balaban J connectivity index is 2.61. The minimum atomic E-state index is -5.02. The van der Waals surface area contributed by atoms with Crippen molar-refractivity contribution in [3.05, 3.63) is 57.5 Å². The predicted molar refractivity (Wildman–Crippen MR) is 157 cm³/mol. The van der Waals surface area contributed by atoms with Gasteiger partial charge in [0.05, 0.1) is 17.3 Å². The fourth-order valence-corrected chi connectivity index (χ4v) is 7.15. The van der Waals surface area contributed by atoms with Crippen molar-refractivity contribution in [1.29, 1.82) is 5.26 Å². The molecule has 0 aliphatic carbocycles. The largest absolute Gasteiger partial charge is 0.521 e. The van der Waals surface area contributed by atoms with Crippen molar-refractivity contribution in [2.45, 2.75) is 47.0 Å². The standard InChI is InChI=1S/C29H35F6N3O6Si/c1-6-37(7-2)21-14-15-22-24(16-21)44-27(40)23(25(22)29(33,34)35)13-11-12-20(17-36)26(39)38(18-28(30,31)32)19-45(41-8-3,42-9-4)43-10-5/h11-16H,6-10,18-19H2,1-5H3/b13-11+,20-12+. The lowest BCUT2D eigenvalue weighted by atomic mass is 10.0. The number of alkyl halides is 6. The van der Waals surface area contributed by atoms with E-state index in [-0.39, 0.29) is 30.3 Å². The molecular weight excluding hydrogens is 628 g/mol. The van der Waals surface area contributed by atoms with E-state index in [9.17, 15) is 41.2 Å². The molecule has 248 valence electrons. The zero-order valence-electron chi connectivity index (χ0n) is 25.5. The Labute approximate surface area is 257 Å². The number of fused-ring (bicyclic) bond motifs is 1. The third-order valence-electron chi connectivity index (χ3n) is 6.35. The molecule has 0 aliphatic rings. The highest BCUT2D eigenvalue weighted by Gasteiger charge is 2.47. The van der Waals surface area contributed by atoms with E-state index in [2.05, 4.69) is 0 Å². The number of rotatable bonds is 15. The molecule has 0 aliphatic heterocycles. The Hall–Kier alpha value is -3.65. The lowest BCUT2D eigenvalue weighted by Gasteiger charge is -2.33. The van der Waals surface area contributed by atoms with Crippen LogP contribution in [0.25, 0.3) is 17.0 Å². The van der Waals surface area contributed by atoms with Crippen LogP contribution in [0, 0.1) is 11.3 Å². The maximum absolute atomic E-state index is 14.2. The first-order valence-corrected chi connectivity index (χ1v) is 16.0. The molecule has 45 heavy (non-hydrogen) atoms. The molecule has 0 spiro atoms. The fourth-order valence-electron chi connectivity index (χ4n) is 4.58. The zero-order valence-corrected chi connectivity index (χ0v) is 26.5. The SMILES string of the molecule is CCO[Si](CN(CC(F)(F)F)C(=O)/C(C#N)=C/C=C/c1c(C(F)(F)F)c2ccc(N(CC)CC)cc2oc1=O)(OCC)OCC. The molecule has 0 atom stereocenters. The van der Waals surface area contributed by atoms with Crippen molar-refractivity contribution in [2.24, 2.45) is 0 Å². The van der Waals surface area contributed by atoms with E-state index in [4.69, 9.17) is 17.7 Å². The van der Waals surface area contributed by atoms with Gasteiger partial charge < -0.3 is 27.5 Å². The van der Waals surface area contributed by atoms with Gasteiger partial charge in [-0.15, -0.1) is 0 Å². The summed E-state index contributed by atoms with van der Waals surface area (Å²) in [6.45, 7) is 7.68. The van der Waals surface area contributed by atoms with Crippen LogP contribution in [0.2, 0.25) is 0 Å². The highest BCUT2D eigenvalue weighted by molar-refractivity contribution is 6.61. The first-order valence-electron chi connectivity index (χ1n) is 14.1. The average molecular weight is 664 g/mol. The molecule has 0 bridgehead atoms. The molecule has 16 heteroatoms. The molecule has 0 saturated carbocycles. The monoisotopic (exact) mass is 663 g/mol. The molecule has 0 saturated heterocycles. The third-order valence-corrected chi connectivity index (χ3v) is 9.30. The van der Waals surface area contributed by atoms with Crippen LogP contribution in [0.4, 0.5) is 32.0 Å². The molecule has 9 nitrogen and oxygen atoms in total. The van der Waals surface area contributed by atoms with Crippen LogP contribution >= 0.6 is 0 Å². The molecule has 2 rings (SSSR count). The van der Waals surface area contributed by atoms with Crippen LogP contribution in [0.1, 0.15) is 45.7 Å². The first-order chi connectivity index (χ1) is 21.1. The molecule has 1 amide bonds. The normalized spacial score (nSPS) is 13.0. The lowest BCUT2D eigenvalue weighted by molar-refractivity contribution is -0.158. The van der Waals surface area contributed by atoms with E-state index in [1.165, 1.54) is 24.3 Å². The van der Waals surface area contributed by atoms with Crippen LogP contribution in [-0.2, 0) is 24.2 Å². The van der Waals surface area contributed by atoms with Gasteiger partial charge in [-0.2, -0.15) is 31.6 Å². The van der Waals surface area contributed by atoms with Gasteiger partial charge in [-0.25, -0.2) is 4.79 Å². The number of anilines is 1. The van der Waals surface area contributed by atoms with Crippen molar-refractivity contribution in [1.82, 2.24) is 4.90 Å². The van der Waals surface area contributed by atoms with E-state index in [0.29, 0.717) is 30.9 Å². The summed E-state index contributed by atoms with van der Waals surface area (Å²) in [6.07, 6.45) is -8.48. The predicted octanol–water partition coefficient (Wildman–Crippen LogP) is 6.10. The van der Waals surface area contributed by atoms with Crippen LogP contribution in [0.5, 0.6) is 0 Å². The molecule has 1 aromatic carbocycles. The average Bonchev–Trinajstić information content (AvgIpc) is 2.94. The second-order valence-corrected chi connectivity index (χ2v) is 11.9. The molecular formula is C29H35F6N3O6Si. The van der Waals surface area contributed by atoms with Gasteiger partial charge >= 0.3 is 26.8 Å². The quantitative estimate of drug-likeness (QED) is 0.0563. The van der Waals surface area contributed by atoms with Crippen LogP contribution in [0.15, 0.2) is 45.1 Å². The summed E-state index contributed by atoms with van der Waals surface area (Å²) in [6, 6.07) is 5.42. The van der Waals surface area contributed by atoms with Crippen molar-refractivity contribution < 1.29 is 48.8 Å². The van der Waals surface area contributed by atoms with E-state index >= 15 is 0 Å². The molecule has 0 radical (unpaired) electrons. The van der Waals surface area contributed by atoms with Gasteiger partial charge in [-0.1, -0.05) is 6.08 Å². The van der Waals surface area contributed by atoms with Crippen LogP contribution in [0.3, 0.4) is 0 Å². The zero-order chi connectivity index (χ0) is 34.0. The summed E-state index contributed by atoms with van der Waals surface area (Å²) < 4.78 is 105. The second-order valence-electron chi connectivity index (χ2n) is 9.34. The third kappa shape index (κ3) is 9.92. The minimum Gasteiger partial charge on any atom is -0.422 e. The summed E-state index contributed by atoms with van der Waals surface area (Å²) in [5.41, 5.74) is -4.19. The minimum absolute atomic E-state index is 0.00336. The number of hydrogen-bond donors (Lipinski definition) is 0. The van der Waals surface area contributed by atoms with E-state index in [0.717, 1.165) is 6.08 Å². The number of halogens is 6. The van der Waals surface area contributed by atoms with Gasteiger partial charge in [0.1, 0.15) is 23.8 Å². The topological polar surface area (TPSA) is 105 Å². The van der Waals surface area contributed by atoms with Crippen molar-refractivity contribution in [3.63, 3.8) is 0 Å². The van der Waals surface area contributed by atoms with E-state index < -0.39 is 67.5 Å². The Bertz CT molecular complexity index is 1460. The fraction of sp³-hybridized carbons (Fsp3) is 0.483. The number of nitrogens with zero attached hydrogens (tertiary/aromatic N) is 3. The van der Waals surface area contributed by atoms with Crippen molar-refractivity contribution in [3.8, 4) is 6.07 Å². The van der Waals surface area contributed by atoms with Gasteiger partial charge in [0.15, 0.2) is 0 Å². The van der Waals surface area contributed by atoms with Crippen LogP contribution < -0.4 is 10.5 Å².